The van der Waals surface area contributed by atoms with E-state index in [2.05, 4.69) is 11.9 Å². The van der Waals surface area contributed by atoms with Crippen LogP contribution in [-0.2, 0) is 16.0 Å². The van der Waals surface area contributed by atoms with Gasteiger partial charge in [-0.05, 0) is 50.1 Å². The molecule has 0 aliphatic carbocycles. The maximum atomic E-state index is 13.3. The van der Waals surface area contributed by atoms with Crippen LogP contribution in [0.3, 0.4) is 0 Å². The fourth-order valence-corrected chi connectivity index (χ4v) is 5.11. The van der Waals surface area contributed by atoms with Gasteiger partial charge in [-0.25, -0.2) is 0 Å². The van der Waals surface area contributed by atoms with E-state index in [1.165, 1.54) is 0 Å². The van der Waals surface area contributed by atoms with E-state index in [-0.39, 0.29) is 17.4 Å². The van der Waals surface area contributed by atoms with Crippen LogP contribution < -0.4 is 4.74 Å². The van der Waals surface area contributed by atoms with Gasteiger partial charge in [0.2, 0.25) is 0 Å². The lowest BCUT2D eigenvalue weighted by Gasteiger charge is -2.25. The van der Waals surface area contributed by atoms with Crippen molar-refractivity contribution in [2.24, 2.45) is 0 Å². The number of ether oxygens (including phenoxy) is 1. The molecular weight excluding hydrogens is 416 g/mol. The molecule has 0 saturated carbocycles. The standard InChI is InChI=1S/C27H28N2O4/c1-4-5-12-29-24(22-16(3)28-20-9-7-6-8-19(20)22)23(26(31)27(29)32)25(30)17-10-11-21-18(14-17)13-15(2)33-21/h6-11,14-15,24,28,30H,4-5,12-13H2,1-3H3/b25-23+. The van der Waals surface area contributed by atoms with Crippen molar-refractivity contribution in [3.8, 4) is 5.75 Å². The van der Waals surface area contributed by atoms with Crippen LogP contribution in [0.25, 0.3) is 16.7 Å². The van der Waals surface area contributed by atoms with Crippen LogP contribution in [0.2, 0.25) is 0 Å². The van der Waals surface area contributed by atoms with Crippen LogP contribution in [0.4, 0.5) is 0 Å². The van der Waals surface area contributed by atoms with Gasteiger partial charge in [-0.1, -0.05) is 31.5 Å². The van der Waals surface area contributed by atoms with Crippen molar-refractivity contribution in [2.45, 2.75) is 52.2 Å². The monoisotopic (exact) mass is 444 g/mol. The van der Waals surface area contributed by atoms with Crippen molar-refractivity contribution < 1.29 is 19.4 Å². The minimum atomic E-state index is -0.642. The zero-order valence-electron chi connectivity index (χ0n) is 19.1. The third kappa shape index (κ3) is 3.41. The van der Waals surface area contributed by atoms with Crippen molar-refractivity contribution in [2.75, 3.05) is 6.54 Å². The Morgan fingerprint density at radius 3 is 2.79 bits per heavy atom. The Hall–Kier alpha value is -3.54. The zero-order chi connectivity index (χ0) is 23.3. The highest BCUT2D eigenvalue weighted by Crippen LogP contribution is 2.44. The van der Waals surface area contributed by atoms with E-state index in [1.54, 1.807) is 11.0 Å². The number of amides is 1. The largest absolute Gasteiger partial charge is 0.507 e. The Morgan fingerprint density at radius 2 is 2.00 bits per heavy atom. The first-order chi connectivity index (χ1) is 15.9. The van der Waals surface area contributed by atoms with Gasteiger partial charge in [0, 0.05) is 40.7 Å². The summed E-state index contributed by atoms with van der Waals surface area (Å²) in [6.07, 6.45) is 2.49. The summed E-state index contributed by atoms with van der Waals surface area (Å²) in [6, 6.07) is 12.7. The number of rotatable bonds is 5. The predicted molar refractivity (Wildman–Crippen MR) is 127 cm³/mol. The van der Waals surface area contributed by atoms with Crippen molar-refractivity contribution in [3.63, 3.8) is 0 Å². The third-order valence-electron chi connectivity index (χ3n) is 6.68. The highest BCUT2D eigenvalue weighted by molar-refractivity contribution is 6.46. The number of H-pyrrole nitrogens is 1. The highest BCUT2D eigenvalue weighted by atomic mass is 16.5. The first-order valence-corrected chi connectivity index (χ1v) is 11.6. The van der Waals surface area contributed by atoms with E-state index in [1.807, 2.05) is 50.2 Å². The molecule has 1 aromatic heterocycles. The fourth-order valence-electron chi connectivity index (χ4n) is 5.11. The number of para-hydroxylation sites is 1. The summed E-state index contributed by atoms with van der Waals surface area (Å²) >= 11 is 0. The van der Waals surface area contributed by atoms with Crippen LogP contribution in [0.5, 0.6) is 5.75 Å². The minimum absolute atomic E-state index is 0.0749. The molecule has 1 saturated heterocycles. The van der Waals surface area contributed by atoms with Crippen LogP contribution in [0, 0.1) is 6.92 Å². The summed E-state index contributed by atoms with van der Waals surface area (Å²) in [5, 5.41) is 12.4. The number of carbonyl (C=O) groups is 2. The quantitative estimate of drug-likeness (QED) is 0.329. The first-order valence-electron chi connectivity index (χ1n) is 11.6. The normalized spacial score (nSPS) is 21.6. The van der Waals surface area contributed by atoms with E-state index < -0.39 is 17.7 Å². The second kappa shape index (κ2) is 8.10. The van der Waals surface area contributed by atoms with E-state index in [0.717, 1.165) is 52.7 Å². The van der Waals surface area contributed by atoms with Gasteiger partial charge in [0.05, 0.1) is 11.6 Å². The van der Waals surface area contributed by atoms with Gasteiger partial charge in [-0.2, -0.15) is 0 Å². The number of aliphatic hydroxyl groups excluding tert-OH is 1. The Labute approximate surface area is 192 Å². The lowest BCUT2D eigenvalue weighted by molar-refractivity contribution is -0.139. The zero-order valence-corrected chi connectivity index (χ0v) is 19.1. The molecule has 170 valence electrons. The van der Waals surface area contributed by atoms with Crippen LogP contribution in [0.15, 0.2) is 48.0 Å². The third-order valence-corrected chi connectivity index (χ3v) is 6.68. The number of aliphatic hydroxyl groups is 1. The van der Waals surface area contributed by atoms with Gasteiger partial charge in [0.25, 0.3) is 11.7 Å². The number of Topliss-reactive ketones (excluding diaryl/α,β-unsaturated/α-hetero) is 1. The number of aromatic amines is 1. The smallest absolute Gasteiger partial charge is 0.295 e. The van der Waals surface area contributed by atoms with E-state index in [4.69, 9.17) is 4.74 Å². The van der Waals surface area contributed by atoms with Gasteiger partial charge in [-0.15, -0.1) is 0 Å². The van der Waals surface area contributed by atoms with E-state index >= 15 is 0 Å². The van der Waals surface area contributed by atoms with E-state index in [9.17, 15) is 14.7 Å². The molecule has 6 nitrogen and oxygen atoms in total. The van der Waals surface area contributed by atoms with Crippen LogP contribution >= 0.6 is 0 Å². The number of fused-ring (bicyclic) bond motifs is 2. The summed E-state index contributed by atoms with van der Waals surface area (Å²) < 4.78 is 5.78. The number of ketones is 1. The number of likely N-dealkylation sites (tertiary alicyclic amines) is 1. The molecule has 3 aromatic rings. The number of nitrogens with zero attached hydrogens (tertiary/aromatic N) is 1. The summed E-state index contributed by atoms with van der Waals surface area (Å²) in [5.74, 6) is -0.531. The van der Waals surface area contributed by atoms with Crippen molar-refractivity contribution in [1.82, 2.24) is 9.88 Å². The second-order valence-corrected chi connectivity index (χ2v) is 9.01. The first kappa shape index (κ1) is 21.3. The molecule has 1 fully saturated rings. The average molecular weight is 445 g/mol. The molecule has 2 N–H and O–H groups in total. The molecule has 2 aliphatic heterocycles. The van der Waals surface area contributed by atoms with Crippen LogP contribution in [0.1, 0.15) is 55.1 Å². The molecular formula is C27H28N2O4. The van der Waals surface area contributed by atoms with Crippen molar-refractivity contribution in [3.05, 3.63) is 70.4 Å². The molecule has 2 aromatic carbocycles. The maximum absolute atomic E-state index is 13.3. The fraction of sp³-hybridized carbons (Fsp3) is 0.333. The topological polar surface area (TPSA) is 82.6 Å². The molecule has 1 amide bonds. The Bertz CT molecular complexity index is 1300. The molecule has 0 bridgehead atoms. The molecule has 33 heavy (non-hydrogen) atoms. The van der Waals surface area contributed by atoms with Crippen molar-refractivity contribution in [1.29, 1.82) is 0 Å². The molecule has 0 spiro atoms. The number of carbonyl (C=O) groups excluding carboxylic acids is 2. The van der Waals surface area contributed by atoms with Crippen LogP contribution in [-0.4, -0.2) is 39.3 Å². The number of hydrogen-bond donors (Lipinski definition) is 2. The van der Waals surface area contributed by atoms with Gasteiger partial charge in [-0.3, -0.25) is 9.59 Å². The Morgan fingerprint density at radius 1 is 1.21 bits per heavy atom. The molecule has 3 heterocycles. The Balaban J connectivity index is 1.70. The van der Waals surface area contributed by atoms with Crippen molar-refractivity contribution >= 4 is 28.4 Å². The van der Waals surface area contributed by atoms with Gasteiger partial charge < -0.3 is 19.7 Å². The highest BCUT2D eigenvalue weighted by Gasteiger charge is 2.47. The number of aromatic nitrogens is 1. The molecule has 6 heteroatoms. The maximum Gasteiger partial charge on any atom is 0.295 e. The number of hydrogen-bond acceptors (Lipinski definition) is 4. The Kier molecular flexibility index (Phi) is 5.23. The summed E-state index contributed by atoms with van der Waals surface area (Å²) in [4.78, 5) is 31.4. The SMILES string of the molecule is CCCCN1C(=O)C(=O)/C(=C(/O)c2ccc3c(c2)CC(C)O3)C1c1c(C)[nH]c2ccccc12. The number of benzene rings is 2. The molecule has 2 unspecified atom stereocenters. The number of nitrogens with one attached hydrogen (secondary N) is 1. The molecule has 2 atom stereocenters. The summed E-state index contributed by atoms with van der Waals surface area (Å²) in [7, 11) is 0. The van der Waals surface area contributed by atoms with Gasteiger partial charge in [0.15, 0.2) is 0 Å². The lowest BCUT2D eigenvalue weighted by Crippen LogP contribution is -2.30. The number of aryl methyl sites for hydroxylation is 1. The minimum Gasteiger partial charge on any atom is -0.507 e. The predicted octanol–water partition coefficient (Wildman–Crippen LogP) is 5.02. The number of unbranched alkanes of at least 4 members (excludes halogenated alkanes) is 1. The molecule has 0 radical (unpaired) electrons. The van der Waals surface area contributed by atoms with E-state index in [0.29, 0.717) is 12.1 Å². The summed E-state index contributed by atoms with van der Waals surface area (Å²) in [6.45, 7) is 6.45. The summed E-state index contributed by atoms with van der Waals surface area (Å²) in [5.41, 5.74) is 4.35. The lowest BCUT2D eigenvalue weighted by atomic mass is 9.92. The average Bonchev–Trinajstić information content (AvgIpc) is 3.41. The van der Waals surface area contributed by atoms with Gasteiger partial charge >= 0.3 is 0 Å². The molecule has 5 rings (SSSR count). The van der Waals surface area contributed by atoms with Gasteiger partial charge in [0.1, 0.15) is 17.6 Å². The second-order valence-electron chi connectivity index (χ2n) is 9.01. The molecule has 2 aliphatic rings.